The van der Waals surface area contributed by atoms with Crippen LogP contribution < -0.4 is 15.4 Å². The van der Waals surface area contributed by atoms with Crippen LogP contribution in [0.15, 0.2) is 48.5 Å². The molecule has 0 spiro atoms. The summed E-state index contributed by atoms with van der Waals surface area (Å²) in [7, 11) is 0. The second kappa shape index (κ2) is 10.2. The predicted octanol–water partition coefficient (Wildman–Crippen LogP) is 2.70. The molecule has 0 aromatic heterocycles. The number of rotatable bonds is 5. The van der Waals surface area contributed by atoms with Crippen LogP contribution in [-0.2, 0) is 9.53 Å². The van der Waals surface area contributed by atoms with Crippen LogP contribution in [0.4, 0.5) is 5.69 Å². The lowest BCUT2D eigenvalue weighted by molar-refractivity contribution is -0.121. The van der Waals surface area contributed by atoms with E-state index in [0.29, 0.717) is 48.3 Å². The Hall–Kier alpha value is -2.68. The lowest BCUT2D eigenvalue weighted by Gasteiger charge is -2.27. The summed E-state index contributed by atoms with van der Waals surface area (Å²) in [6.45, 7) is 2.02. The molecule has 7 nitrogen and oxygen atoms in total. The Morgan fingerprint density at radius 2 is 1.86 bits per heavy atom. The van der Waals surface area contributed by atoms with Crippen LogP contribution in [0.1, 0.15) is 10.4 Å². The number of benzene rings is 2. The van der Waals surface area contributed by atoms with Crippen molar-refractivity contribution in [2.75, 3.05) is 38.2 Å². The zero-order chi connectivity index (χ0) is 20.6. The zero-order valence-corrected chi connectivity index (χ0v) is 17.1. The Morgan fingerprint density at radius 3 is 2.59 bits per heavy atom. The highest BCUT2D eigenvalue weighted by Crippen LogP contribution is 2.16. The number of carbonyl (C=O) groups excluding carboxylic acids is 2. The summed E-state index contributed by atoms with van der Waals surface area (Å²) in [5.74, 6) is 0.0546. The molecule has 0 aliphatic carbocycles. The topological polar surface area (TPSA) is 79.9 Å². The van der Waals surface area contributed by atoms with Gasteiger partial charge in [-0.25, -0.2) is 0 Å². The van der Waals surface area contributed by atoms with Crippen molar-refractivity contribution < 1.29 is 19.1 Å². The van der Waals surface area contributed by atoms with Gasteiger partial charge in [-0.3, -0.25) is 14.9 Å². The fraction of sp³-hybridized carbons (Fsp3) is 0.250. The first kappa shape index (κ1) is 21.0. The van der Waals surface area contributed by atoms with Crippen molar-refractivity contribution in [1.29, 1.82) is 0 Å². The molecule has 2 N–H and O–H groups in total. The average Bonchev–Trinajstić information content (AvgIpc) is 2.73. The number of ether oxygens (including phenoxy) is 2. The van der Waals surface area contributed by atoms with E-state index < -0.39 is 5.91 Å². The number of morpholine rings is 1. The van der Waals surface area contributed by atoms with Crippen LogP contribution in [0.25, 0.3) is 0 Å². The van der Waals surface area contributed by atoms with E-state index in [0.717, 1.165) is 0 Å². The fourth-order valence-corrected chi connectivity index (χ4v) is 3.04. The van der Waals surface area contributed by atoms with Crippen LogP contribution >= 0.6 is 23.8 Å². The Morgan fingerprint density at radius 1 is 1.14 bits per heavy atom. The number of halogens is 1. The van der Waals surface area contributed by atoms with E-state index in [1.165, 1.54) is 0 Å². The van der Waals surface area contributed by atoms with Crippen LogP contribution in [0, 0.1) is 0 Å². The molecular formula is C20H20ClN3O4S. The van der Waals surface area contributed by atoms with E-state index in [4.69, 9.17) is 33.3 Å². The number of anilines is 1. The molecule has 0 atom stereocenters. The third kappa shape index (κ3) is 6.42. The third-order valence-corrected chi connectivity index (χ3v) is 4.56. The highest BCUT2D eigenvalue weighted by atomic mass is 35.5. The molecule has 1 fully saturated rings. The first-order valence-corrected chi connectivity index (χ1v) is 9.76. The molecule has 9 heteroatoms. The van der Waals surface area contributed by atoms with Gasteiger partial charge in [-0.15, -0.1) is 0 Å². The Bertz CT molecular complexity index is 886. The first-order chi connectivity index (χ1) is 14.0. The van der Waals surface area contributed by atoms with Gasteiger partial charge < -0.3 is 19.7 Å². The maximum Gasteiger partial charge on any atom is 0.264 e. The normalized spacial score (nSPS) is 13.5. The Kier molecular flexibility index (Phi) is 7.40. The minimum absolute atomic E-state index is 0.0664. The number of thiocarbonyl (C=S) groups is 1. The molecule has 152 valence electrons. The van der Waals surface area contributed by atoms with E-state index in [-0.39, 0.29) is 17.6 Å². The molecule has 1 saturated heterocycles. The number of hydrogen-bond acceptors (Lipinski definition) is 5. The minimum atomic E-state index is -0.405. The molecule has 1 aliphatic heterocycles. The summed E-state index contributed by atoms with van der Waals surface area (Å²) >= 11 is 11.0. The van der Waals surface area contributed by atoms with Crippen molar-refractivity contribution in [2.24, 2.45) is 0 Å². The quantitative estimate of drug-likeness (QED) is 0.706. The van der Waals surface area contributed by atoms with Crippen molar-refractivity contribution in [2.45, 2.75) is 0 Å². The predicted molar refractivity (Wildman–Crippen MR) is 114 cm³/mol. The van der Waals surface area contributed by atoms with Gasteiger partial charge in [0, 0.05) is 29.4 Å². The molecule has 1 heterocycles. The number of hydrogen-bond donors (Lipinski definition) is 2. The first-order valence-electron chi connectivity index (χ1n) is 8.97. The second-order valence-corrected chi connectivity index (χ2v) is 7.07. The highest BCUT2D eigenvalue weighted by molar-refractivity contribution is 7.80. The minimum Gasteiger partial charge on any atom is -0.484 e. The summed E-state index contributed by atoms with van der Waals surface area (Å²) in [5, 5.41) is 6.15. The van der Waals surface area contributed by atoms with Gasteiger partial charge in [0.15, 0.2) is 11.7 Å². The summed E-state index contributed by atoms with van der Waals surface area (Å²) in [6.07, 6.45) is 0. The van der Waals surface area contributed by atoms with E-state index >= 15 is 0 Å². The molecule has 2 aromatic rings. The maximum atomic E-state index is 12.6. The van der Waals surface area contributed by atoms with E-state index in [2.05, 4.69) is 10.6 Å². The number of amides is 2. The van der Waals surface area contributed by atoms with Crippen LogP contribution in [0.3, 0.4) is 0 Å². The van der Waals surface area contributed by atoms with Crippen molar-refractivity contribution in [3.8, 4) is 5.75 Å². The van der Waals surface area contributed by atoms with Gasteiger partial charge in [0.1, 0.15) is 5.75 Å². The molecule has 3 rings (SSSR count). The Balaban J connectivity index is 1.50. The largest absolute Gasteiger partial charge is 0.484 e. The zero-order valence-electron chi connectivity index (χ0n) is 15.5. The summed E-state index contributed by atoms with van der Waals surface area (Å²) in [5.41, 5.74) is 1.14. The SMILES string of the molecule is O=C(COc1ccc(Cl)cc1)NC(=S)Nc1cccc(C(=O)N2CCOCC2)c1. The molecular weight excluding hydrogens is 414 g/mol. The van der Waals surface area contributed by atoms with Crippen molar-refractivity contribution in [1.82, 2.24) is 10.2 Å². The van der Waals surface area contributed by atoms with Crippen molar-refractivity contribution >= 4 is 46.4 Å². The fourth-order valence-electron chi connectivity index (χ4n) is 2.68. The molecule has 0 radical (unpaired) electrons. The summed E-state index contributed by atoms with van der Waals surface area (Å²) < 4.78 is 10.6. The number of carbonyl (C=O) groups is 2. The lowest BCUT2D eigenvalue weighted by atomic mass is 10.1. The van der Waals surface area contributed by atoms with Crippen LogP contribution in [0.2, 0.25) is 5.02 Å². The van der Waals surface area contributed by atoms with Crippen LogP contribution in [0.5, 0.6) is 5.75 Å². The van der Waals surface area contributed by atoms with Crippen molar-refractivity contribution in [3.05, 3.63) is 59.1 Å². The van der Waals surface area contributed by atoms with Gasteiger partial charge in [0.05, 0.1) is 13.2 Å². The standard InChI is InChI=1S/C20H20ClN3O4S/c21-15-4-6-17(7-5-15)28-13-18(25)23-20(29)22-16-3-1-2-14(12-16)19(26)24-8-10-27-11-9-24/h1-7,12H,8-11,13H2,(H2,22,23,25,29). The van der Waals surface area contributed by atoms with E-state index in [1.807, 2.05) is 0 Å². The highest BCUT2D eigenvalue weighted by Gasteiger charge is 2.18. The van der Waals surface area contributed by atoms with E-state index in [9.17, 15) is 9.59 Å². The lowest BCUT2D eigenvalue weighted by Crippen LogP contribution is -2.40. The van der Waals surface area contributed by atoms with Gasteiger partial charge in [-0.05, 0) is 54.7 Å². The van der Waals surface area contributed by atoms with Gasteiger partial charge in [0.25, 0.3) is 11.8 Å². The van der Waals surface area contributed by atoms with E-state index in [1.54, 1.807) is 53.4 Å². The molecule has 0 saturated carbocycles. The second-order valence-electron chi connectivity index (χ2n) is 6.23. The molecule has 0 bridgehead atoms. The smallest absolute Gasteiger partial charge is 0.264 e. The van der Waals surface area contributed by atoms with Crippen molar-refractivity contribution in [3.63, 3.8) is 0 Å². The molecule has 2 aromatic carbocycles. The molecule has 0 unspecified atom stereocenters. The maximum absolute atomic E-state index is 12.6. The van der Waals surface area contributed by atoms with Gasteiger partial charge in [-0.2, -0.15) is 0 Å². The van der Waals surface area contributed by atoms with Gasteiger partial charge >= 0.3 is 0 Å². The monoisotopic (exact) mass is 433 g/mol. The Labute approximate surface area is 178 Å². The van der Waals surface area contributed by atoms with Crippen LogP contribution in [-0.4, -0.2) is 54.7 Å². The van der Waals surface area contributed by atoms with Gasteiger partial charge in [-0.1, -0.05) is 17.7 Å². The third-order valence-electron chi connectivity index (χ3n) is 4.10. The summed E-state index contributed by atoms with van der Waals surface area (Å²) in [6, 6.07) is 13.6. The molecule has 1 aliphatic rings. The molecule has 2 amide bonds. The average molecular weight is 434 g/mol. The summed E-state index contributed by atoms with van der Waals surface area (Å²) in [4.78, 5) is 26.3. The van der Waals surface area contributed by atoms with Gasteiger partial charge in [0.2, 0.25) is 0 Å². The number of nitrogens with one attached hydrogen (secondary N) is 2. The number of nitrogens with zero attached hydrogens (tertiary/aromatic N) is 1. The molecule has 29 heavy (non-hydrogen) atoms.